The maximum atomic E-state index is 12.2. The first kappa shape index (κ1) is 13.9. The smallest absolute Gasteiger partial charge is 0.241 e. The van der Waals surface area contributed by atoms with Crippen LogP contribution in [0.15, 0.2) is 24.3 Å². The number of benzene rings is 1. The van der Waals surface area contributed by atoms with Crippen molar-refractivity contribution in [3.63, 3.8) is 0 Å². The lowest BCUT2D eigenvalue weighted by Crippen LogP contribution is -2.40. The number of nitrogen functional groups attached to an aromatic ring is 1. The van der Waals surface area contributed by atoms with Gasteiger partial charge in [-0.1, -0.05) is 25.5 Å². The first-order valence-corrected chi connectivity index (χ1v) is 7.01. The van der Waals surface area contributed by atoms with Gasteiger partial charge in [0.15, 0.2) is 0 Å². The van der Waals surface area contributed by atoms with Crippen LogP contribution in [-0.4, -0.2) is 29.9 Å². The SMILES string of the molecule is CCC1CCN(C(C)C(=O)Nc2ccccc2N)C1. The Morgan fingerprint density at radius 3 is 2.89 bits per heavy atom. The van der Waals surface area contributed by atoms with E-state index >= 15 is 0 Å². The summed E-state index contributed by atoms with van der Waals surface area (Å²) in [5.41, 5.74) is 7.14. The predicted octanol–water partition coefficient (Wildman–Crippen LogP) is 2.33. The van der Waals surface area contributed by atoms with Crippen LogP contribution in [0.2, 0.25) is 0 Å². The average molecular weight is 261 g/mol. The minimum absolute atomic E-state index is 0.0228. The normalized spacial score (nSPS) is 21.3. The molecular weight excluding hydrogens is 238 g/mol. The third-order valence-corrected chi connectivity index (χ3v) is 4.04. The van der Waals surface area contributed by atoms with Crippen molar-refractivity contribution in [2.45, 2.75) is 32.7 Å². The fourth-order valence-corrected chi connectivity index (χ4v) is 2.56. The Morgan fingerprint density at radius 1 is 1.53 bits per heavy atom. The van der Waals surface area contributed by atoms with Crippen LogP contribution in [0.4, 0.5) is 11.4 Å². The van der Waals surface area contributed by atoms with Crippen molar-refractivity contribution in [2.24, 2.45) is 5.92 Å². The highest BCUT2D eigenvalue weighted by Gasteiger charge is 2.28. The van der Waals surface area contributed by atoms with Crippen molar-refractivity contribution < 1.29 is 4.79 Å². The van der Waals surface area contributed by atoms with Gasteiger partial charge in [0.1, 0.15) is 0 Å². The summed E-state index contributed by atoms with van der Waals surface area (Å²) in [6.45, 7) is 6.21. The first-order chi connectivity index (χ1) is 9.11. The van der Waals surface area contributed by atoms with E-state index in [9.17, 15) is 4.79 Å². The monoisotopic (exact) mass is 261 g/mol. The molecule has 104 valence electrons. The summed E-state index contributed by atoms with van der Waals surface area (Å²) in [4.78, 5) is 14.5. The summed E-state index contributed by atoms with van der Waals surface area (Å²) < 4.78 is 0. The van der Waals surface area contributed by atoms with Crippen molar-refractivity contribution in [3.8, 4) is 0 Å². The molecule has 0 spiro atoms. The molecule has 0 aromatic heterocycles. The number of nitrogens with two attached hydrogens (primary N) is 1. The summed E-state index contributed by atoms with van der Waals surface area (Å²) in [7, 11) is 0. The highest BCUT2D eigenvalue weighted by Crippen LogP contribution is 2.22. The number of nitrogens with zero attached hydrogens (tertiary/aromatic N) is 1. The largest absolute Gasteiger partial charge is 0.397 e. The number of rotatable bonds is 4. The molecule has 2 rings (SSSR count). The van der Waals surface area contributed by atoms with Crippen LogP contribution < -0.4 is 11.1 Å². The van der Waals surface area contributed by atoms with Gasteiger partial charge in [-0.2, -0.15) is 0 Å². The quantitative estimate of drug-likeness (QED) is 0.818. The zero-order valence-corrected chi connectivity index (χ0v) is 11.7. The lowest BCUT2D eigenvalue weighted by molar-refractivity contribution is -0.120. The molecule has 1 saturated heterocycles. The molecule has 0 radical (unpaired) electrons. The number of anilines is 2. The number of amides is 1. The Balaban J connectivity index is 1.95. The Bertz CT molecular complexity index is 447. The maximum Gasteiger partial charge on any atom is 0.241 e. The Labute approximate surface area is 115 Å². The molecule has 0 aliphatic carbocycles. The van der Waals surface area contributed by atoms with Gasteiger partial charge in [-0.3, -0.25) is 9.69 Å². The highest BCUT2D eigenvalue weighted by atomic mass is 16.2. The van der Waals surface area contributed by atoms with Gasteiger partial charge in [0, 0.05) is 6.54 Å². The zero-order chi connectivity index (χ0) is 13.8. The molecule has 1 aliphatic heterocycles. The van der Waals surface area contributed by atoms with Gasteiger partial charge in [-0.25, -0.2) is 0 Å². The topological polar surface area (TPSA) is 58.4 Å². The maximum absolute atomic E-state index is 12.2. The molecule has 19 heavy (non-hydrogen) atoms. The number of para-hydroxylation sites is 2. The Hall–Kier alpha value is -1.55. The zero-order valence-electron chi connectivity index (χ0n) is 11.7. The predicted molar refractivity (Wildman–Crippen MR) is 78.9 cm³/mol. The van der Waals surface area contributed by atoms with Crippen LogP contribution in [0.25, 0.3) is 0 Å². The summed E-state index contributed by atoms with van der Waals surface area (Å²) >= 11 is 0. The average Bonchev–Trinajstić information content (AvgIpc) is 2.89. The van der Waals surface area contributed by atoms with Gasteiger partial charge in [-0.15, -0.1) is 0 Å². The van der Waals surface area contributed by atoms with Crippen molar-refractivity contribution in [3.05, 3.63) is 24.3 Å². The summed E-state index contributed by atoms with van der Waals surface area (Å²) in [6.07, 6.45) is 2.39. The summed E-state index contributed by atoms with van der Waals surface area (Å²) in [5.74, 6) is 0.756. The summed E-state index contributed by atoms with van der Waals surface area (Å²) in [5, 5.41) is 2.91. The Morgan fingerprint density at radius 2 is 2.26 bits per heavy atom. The minimum Gasteiger partial charge on any atom is -0.397 e. The number of nitrogens with one attached hydrogen (secondary N) is 1. The van der Waals surface area contributed by atoms with Crippen LogP contribution in [0.1, 0.15) is 26.7 Å². The van der Waals surface area contributed by atoms with Crippen molar-refractivity contribution >= 4 is 17.3 Å². The molecule has 1 amide bonds. The third kappa shape index (κ3) is 3.26. The van der Waals surface area contributed by atoms with E-state index in [-0.39, 0.29) is 11.9 Å². The van der Waals surface area contributed by atoms with Gasteiger partial charge >= 0.3 is 0 Å². The second kappa shape index (κ2) is 6.06. The number of carbonyl (C=O) groups excluding carboxylic acids is 1. The lowest BCUT2D eigenvalue weighted by Gasteiger charge is -2.23. The van der Waals surface area contributed by atoms with E-state index in [0.29, 0.717) is 11.4 Å². The first-order valence-electron chi connectivity index (χ1n) is 7.01. The van der Waals surface area contributed by atoms with Crippen molar-refractivity contribution in [1.82, 2.24) is 4.90 Å². The van der Waals surface area contributed by atoms with E-state index < -0.39 is 0 Å². The van der Waals surface area contributed by atoms with Crippen molar-refractivity contribution in [1.29, 1.82) is 0 Å². The van der Waals surface area contributed by atoms with Gasteiger partial charge in [0.05, 0.1) is 17.4 Å². The number of likely N-dealkylation sites (tertiary alicyclic amines) is 1. The molecule has 4 heteroatoms. The fraction of sp³-hybridized carbons (Fsp3) is 0.533. The molecule has 0 saturated carbocycles. The molecule has 1 aromatic carbocycles. The number of hydrogen-bond acceptors (Lipinski definition) is 3. The van der Waals surface area contributed by atoms with Crippen LogP contribution in [0.5, 0.6) is 0 Å². The molecule has 1 aliphatic rings. The van der Waals surface area contributed by atoms with Gasteiger partial charge in [-0.05, 0) is 37.9 Å². The van der Waals surface area contributed by atoms with Crippen LogP contribution >= 0.6 is 0 Å². The molecular formula is C15H23N3O. The van der Waals surface area contributed by atoms with E-state index in [1.807, 2.05) is 25.1 Å². The molecule has 3 N–H and O–H groups in total. The number of hydrogen-bond donors (Lipinski definition) is 2. The Kier molecular flexibility index (Phi) is 4.43. The second-order valence-corrected chi connectivity index (χ2v) is 5.31. The molecule has 1 heterocycles. The molecule has 1 aromatic rings. The standard InChI is InChI=1S/C15H23N3O/c1-3-12-8-9-18(10-12)11(2)15(19)17-14-7-5-4-6-13(14)16/h4-7,11-12H,3,8-10,16H2,1-2H3,(H,17,19). The van der Waals surface area contributed by atoms with Gasteiger partial charge in [0.2, 0.25) is 5.91 Å². The van der Waals surface area contributed by atoms with E-state index in [4.69, 9.17) is 5.73 Å². The third-order valence-electron chi connectivity index (χ3n) is 4.04. The fourth-order valence-electron chi connectivity index (χ4n) is 2.56. The van der Waals surface area contributed by atoms with E-state index in [2.05, 4.69) is 17.1 Å². The molecule has 2 unspecified atom stereocenters. The van der Waals surface area contributed by atoms with Crippen molar-refractivity contribution in [2.75, 3.05) is 24.1 Å². The van der Waals surface area contributed by atoms with E-state index in [0.717, 1.165) is 19.0 Å². The van der Waals surface area contributed by atoms with Gasteiger partial charge < -0.3 is 11.1 Å². The minimum atomic E-state index is -0.101. The lowest BCUT2D eigenvalue weighted by atomic mass is 10.1. The van der Waals surface area contributed by atoms with Crippen LogP contribution in [0, 0.1) is 5.92 Å². The molecule has 1 fully saturated rings. The second-order valence-electron chi connectivity index (χ2n) is 5.31. The van der Waals surface area contributed by atoms with E-state index in [1.165, 1.54) is 12.8 Å². The van der Waals surface area contributed by atoms with E-state index in [1.54, 1.807) is 6.07 Å². The molecule has 2 atom stereocenters. The van der Waals surface area contributed by atoms with Gasteiger partial charge in [0.25, 0.3) is 0 Å². The molecule has 0 bridgehead atoms. The summed E-state index contributed by atoms with van der Waals surface area (Å²) in [6, 6.07) is 7.26. The van der Waals surface area contributed by atoms with Crippen LogP contribution in [0.3, 0.4) is 0 Å². The van der Waals surface area contributed by atoms with Crippen LogP contribution in [-0.2, 0) is 4.79 Å². The highest BCUT2D eigenvalue weighted by molar-refractivity contribution is 5.97. The molecule has 4 nitrogen and oxygen atoms in total. The number of carbonyl (C=O) groups is 1.